The first-order chi connectivity index (χ1) is 16.2. The van der Waals surface area contributed by atoms with Gasteiger partial charge in [-0.05, 0) is 56.9 Å². The second-order valence-corrected chi connectivity index (χ2v) is 10.5. The number of hydrogen-bond donors (Lipinski definition) is 1. The topological polar surface area (TPSA) is 105 Å². The zero-order valence-electron chi connectivity index (χ0n) is 19.5. The maximum absolute atomic E-state index is 13.6. The van der Waals surface area contributed by atoms with Crippen LogP contribution >= 0.6 is 0 Å². The predicted octanol–water partition coefficient (Wildman–Crippen LogP) is 4.20. The molecule has 1 atom stereocenters. The van der Waals surface area contributed by atoms with Crippen LogP contribution in [-0.2, 0) is 14.8 Å². The summed E-state index contributed by atoms with van der Waals surface area (Å²) in [4.78, 5) is 17.1. The molecule has 4 rings (SSSR count). The molecule has 1 amide bonds. The number of aryl methyl sites for hydroxylation is 3. The Labute approximate surface area is 199 Å². The van der Waals surface area contributed by atoms with Crippen LogP contribution in [0.3, 0.4) is 0 Å². The Hall–Kier alpha value is -3.30. The summed E-state index contributed by atoms with van der Waals surface area (Å²) < 4.78 is 33.8. The molecule has 1 saturated heterocycles. The molecule has 1 aromatic carbocycles. The molecule has 0 unspecified atom stereocenters. The molecule has 0 saturated carbocycles. The Morgan fingerprint density at radius 3 is 2.53 bits per heavy atom. The fraction of sp³-hybridized carbons (Fsp3) is 0.320. The lowest BCUT2D eigenvalue weighted by Crippen LogP contribution is -2.44. The van der Waals surface area contributed by atoms with E-state index in [0.29, 0.717) is 30.9 Å². The summed E-state index contributed by atoms with van der Waals surface area (Å²) >= 11 is 0. The Morgan fingerprint density at radius 1 is 1.09 bits per heavy atom. The first kappa shape index (κ1) is 23.8. The van der Waals surface area contributed by atoms with Crippen LogP contribution in [-0.4, -0.2) is 41.9 Å². The SMILES string of the molecule is Cc1ccc(/C=C/c2onc(C)c2S(=O)(=O)N2CCC[C@@H](C(=O)Nc3ccc(C)cn3)C2)cc1. The largest absolute Gasteiger partial charge is 0.355 e. The van der Waals surface area contributed by atoms with E-state index in [1.54, 1.807) is 31.3 Å². The Bertz CT molecular complexity index is 1300. The number of rotatable bonds is 6. The van der Waals surface area contributed by atoms with Crippen molar-refractivity contribution >= 4 is 33.9 Å². The number of carbonyl (C=O) groups is 1. The van der Waals surface area contributed by atoms with E-state index in [0.717, 1.165) is 16.7 Å². The molecule has 1 N–H and O–H groups in total. The number of anilines is 1. The van der Waals surface area contributed by atoms with Crippen molar-refractivity contribution in [1.29, 1.82) is 0 Å². The van der Waals surface area contributed by atoms with Crippen LogP contribution in [0.4, 0.5) is 5.82 Å². The highest BCUT2D eigenvalue weighted by Gasteiger charge is 2.37. The van der Waals surface area contributed by atoms with Gasteiger partial charge >= 0.3 is 0 Å². The molecule has 178 valence electrons. The lowest BCUT2D eigenvalue weighted by Gasteiger charge is -2.31. The van der Waals surface area contributed by atoms with Crippen molar-refractivity contribution in [2.45, 2.75) is 38.5 Å². The number of carbonyl (C=O) groups excluding carboxylic acids is 1. The number of nitrogens with zero attached hydrogens (tertiary/aromatic N) is 3. The molecular weight excluding hydrogens is 452 g/mol. The maximum Gasteiger partial charge on any atom is 0.248 e. The van der Waals surface area contributed by atoms with Gasteiger partial charge < -0.3 is 9.84 Å². The van der Waals surface area contributed by atoms with E-state index >= 15 is 0 Å². The Balaban J connectivity index is 1.52. The molecule has 1 aliphatic rings. The molecule has 1 fully saturated rings. The van der Waals surface area contributed by atoms with Gasteiger partial charge in [0.1, 0.15) is 11.5 Å². The summed E-state index contributed by atoms with van der Waals surface area (Å²) in [6, 6.07) is 11.4. The van der Waals surface area contributed by atoms with Crippen LogP contribution in [0.25, 0.3) is 12.2 Å². The number of piperidine rings is 1. The van der Waals surface area contributed by atoms with Crippen LogP contribution in [0, 0.1) is 26.7 Å². The minimum Gasteiger partial charge on any atom is -0.355 e. The van der Waals surface area contributed by atoms with Crippen LogP contribution in [0.2, 0.25) is 0 Å². The van der Waals surface area contributed by atoms with Gasteiger partial charge in [-0.1, -0.05) is 47.1 Å². The van der Waals surface area contributed by atoms with Gasteiger partial charge in [0.05, 0.1) is 5.92 Å². The molecule has 0 bridgehead atoms. The van der Waals surface area contributed by atoms with Crippen molar-refractivity contribution in [2.24, 2.45) is 5.92 Å². The minimum atomic E-state index is -3.91. The maximum atomic E-state index is 13.6. The number of pyridine rings is 1. The number of benzene rings is 1. The molecule has 1 aliphatic heterocycles. The summed E-state index contributed by atoms with van der Waals surface area (Å²) in [5.74, 6) is -0.0846. The summed E-state index contributed by atoms with van der Waals surface area (Å²) in [5.41, 5.74) is 3.34. The van der Waals surface area contributed by atoms with Gasteiger partial charge in [-0.2, -0.15) is 4.31 Å². The lowest BCUT2D eigenvalue weighted by atomic mass is 9.99. The van der Waals surface area contributed by atoms with E-state index in [1.165, 1.54) is 4.31 Å². The third-order valence-corrected chi connectivity index (χ3v) is 7.88. The first-order valence-electron chi connectivity index (χ1n) is 11.2. The molecule has 3 heterocycles. The van der Waals surface area contributed by atoms with E-state index in [1.807, 2.05) is 44.2 Å². The normalized spacial score (nSPS) is 17.2. The van der Waals surface area contributed by atoms with Gasteiger partial charge in [0, 0.05) is 19.3 Å². The van der Waals surface area contributed by atoms with Crippen molar-refractivity contribution in [3.8, 4) is 0 Å². The van der Waals surface area contributed by atoms with E-state index in [4.69, 9.17) is 4.52 Å². The van der Waals surface area contributed by atoms with Crippen molar-refractivity contribution in [3.05, 3.63) is 70.7 Å². The lowest BCUT2D eigenvalue weighted by molar-refractivity contribution is -0.120. The van der Waals surface area contributed by atoms with Gasteiger partial charge in [-0.15, -0.1) is 0 Å². The molecule has 34 heavy (non-hydrogen) atoms. The molecular formula is C25H28N4O4S. The fourth-order valence-electron chi connectivity index (χ4n) is 3.92. The smallest absolute Gasteiger partial charge is 0.248 e. The molecule has 0 radical (unpaired) electrons. The van der Waals surface area contributed by atoms with Crippen LogP contribution in [0.1, 0.15) is 41.0 Å². The van der Waals surface area contributed by atoms with Crippen molar-refractivity contribution < 1.29 is 17.7 Å². The average Bonchev–Trinajstić information content (AvgIpc) is 3.21. The van der Waals surface area contributed by atoms with Gasteiger partial charge in [0.25, 0.3) is 0 Å². The van der Waals surface area contributed by atoms with Crippen LogP contribution < -0.4 is 5.32 Å². The molecule has 8 nitrogen and oxygen atoms in total. The van der Waals surface area contributed by atoms with Crippen molar-refractivity contribution in [2.75, 3.05) is 18.4 Å². The molecule has 0 aliphatic carbocycles. The monoisotopic (exact) mass is 480 g/mol. The van der Waals surface area contributed by atoms with Crippen molar-refractivity contribution in [3.63, 3.8) is 0 Å². The Kier molecular flexibility index (Phi) is 6.95. The highest BCUT2D eigenvalue weighted by Crippen LogP contribution is 2.29. The van der Waals surface area contributed by atoms with E-state index in [2.05, 4.69) is 15.5 Å². The Morgan fingerprint density at radius 2 is 1.82 bits per heavy atom. The van der Waals surface area contributed by atoms with E-state index in [9.17, 15) is 13.2 Å². The van der Waals surface area contributed by atoms with Gasteiger partial charge in [0.2, 0.25) is 15.9 Å². The number of aromatic nitrogens is 2. The molecule has 3 aromatic rings. The summed E-state index contributed by atoms with van der Waals surface area (Å²) in [7, 11) is -3.91. The minimum absolute atomic E-state index is 0.0390. The van der Waals surface area contributed by atoms with Gasteiger partial charge in [0.15, 0.2) is 10.7 Å². The third kappa shape index (κ3) is 5.26. The zero-order chi connectivity index (χ0) is 24.3. The second-order valence-electron chi connectivity index (χ2n) is 8.62. The number of sulfonamides is 1. The van der Waals surface area contributed by atoms with Crippen molar-refractivity contribution in [1.82, 2.24) is 14.4 Å². The average molecular weight is 481 g/mol. The van der Waals surface area contributed by atoms with Gasteiger partial charge in [-0.25, -0.2) is 13.4 Å². The number of nitrogens with one attached hydrogen (secondary N) is 1. The third-order valence-electron chi connectivity index (χ3n) is 5.85. The standard InChI is InChI=1S/C25H28N4O4S/c1-17-6-9-20(10-7-17)11-12-22-24(19(3)28-33-22)34(31,32)29-14-4-5-21(16-29)25(30)27-23-13-8-18(2)15-26-23/h6-13,15,21H,4-5,14,16H2,1-3H3,(H,26,27,30)/b12-11+/t21-/m1/s1. The summed E-state index contributed by atoms with van der Waals surface area (Å²) in [6.45, 7) is 5.95. The molecule has 2 aromatic heterocycles. The number of amides is 1. The van der Waals surface area contributed by atoms with Crippen LogP contribution in [0.5, 0.6) is 0 Å². The summed E-state index contributed by atoms with van der Waals surface area (Å²) in [6.07, 6.45) is 6.27. The van der Waals surface area contributed by atoms with E-state index in [-0.39, 0.29) is 23.1 Å². The number of hydrogen-bond acceptors (Lipinski definition) is 6. The highest BCUT2D eigenvalue weighted by atomic mass is 32.2. The zero-order valence-corrected chi connectivity index (χ0v) is 20.3. The highest BCUT2D eigenvalue weighted by molar-refractivity contribution is 7.89. The first-order valence-corrected chi connectivity index (χ1v) is 12.6. The quantitative estimate of drug-likeness (QED) is 0.567. The van der Waals surface area contributed by atoms with Crippen LogP contribution in [0.15, 0.2) is 52.0 Å². The van der Waals surface area contributed by atoms with E-state index < -0.39 is 15.9 Å². The fourth-order valence-corrected chi connectivity index (χ4v) is 5.70. The molecule has 0 spiro atoms. The predicted molar refractivity (Wildman–Crippen MR) is 130 cm³/mol. The second kappa shape index (κ2) is 9.90. The molecule has 9 heteroatoms. The van der Waals surface area contributed by atoms with Gasteiger partial charge in [-0.3, -0.25) is 4.79 Å². The summed E-state index contributed by atoms with van der Waals surface area (Å²) in [5, 5.41) is 6.70.